The monoisotopic (exact) mass is 437 g/mol. The van der Waals surface area contributed by atoms with Gasteiger partial charge in [0.1, 0.15) is 11.6 Å². The number of nitrogens with zero attached hydrogens (tertiary/aromatic N) is 4. The Kier molecular flexibility index (Phi) is 6.39. The van der Waals surface area contributed by atoms with Crippen molar-refractivity contribution in [1.82, 2.24) is 14.9 Å². The number of likely N-dealkylation sites (tertiary alicyclic amines) is 1. The second-order valence-corrected chi connectivity index (χ2v) is 8.76. The Morgan fingerprint density at radius 2 is 2.00 bits per heavy atom. The van der Waals surface area contributed by atoms with Crippen LogP contribution in [0.5, 0.6) is 0 Å². The summed E-state index contributed by atoms with van der Waals surface area (Å²) in [5.41, 5.74) is 7.56. The van der Waals surface area contributed by atoms with Crippen LogP contribution >= 0.6 is 11.6 Å². The molecule has 0 unspecified atom stereocenters. The number of carbonyl (C=O) groups excluding carboxylic acids is 1. The van der Waals surface area contributed by atoms with E-state index < -0.39 is 0 Å². The number of benzene rings is 1. The predicted molar refractivity (Wildman–Crippen MR) is 127 cm³/mol. The topological polar surface area (TPSA) is 75.3 Å². The van der Waals surface area contributed by atoms with Crippen LogP contribution in [0.15, 0.2) is 42.7 Å². The van der Waals surface area contributed by atoms with Crippen LogP contribution in [0.3, 0.4) is 0 Å². The molecule has 6 nitrogen and oxygen atoms in total. The zero-order valence-corrected chi connectivity index (χ0v) is 18.8. The number of nitrogen functional groups attached to an aromatic ring is 1. The number of hydrogen-bond donors (Lipinski definition) is 1. The van der Waals surface area contributed by atoms with Crippen molar-refractivity contribution in [1.29, 1.82) is 0 Å². The van der Waals surface area contributed by atoms with Crippen LogP contribution in [0.25, 0.3) is 10.8 Å². The van der Waals surface area contributed by atoms with Crippen molar-refractivity contribution in [2.75, 3.05) is 37.8 Å². The average molecular weight is 438 g/mol. The van der Waals surface area contributed by atoms with Crippen LogP contribution in [-0.4, -0.2) is 53.9 Å². The molecule has 1 saturated heterocycles. The van der Waals surface area contributed by atoms with E-state index in [0.29, 0.717) is 35.3 Å². The van der Waals surface area contributed by atoms with Crippen LogP contribution in [0.2, 0.25) is 5.02 Å². The SMILES string of the molecule is CN1CCC(N(C)c2ncc(C(=O)CCc3ccc4c(N)nccc4c3)cc2Cl)CC1. The van der Waals surface area contributed by atoms with E-state index in [4.69, 9.17) is 17.3 Å². The molecule has 0 aliphatic carbocycles. The molecule has 7 heteroatoms. The maximum absolute atomic E-state index is 12.8. The smallest absolute Gasteiger partial charge is 0.164 e. The number of anilines is 2. The molecule has 0 radical (unpaired) electrons. The van der Waals surface area contributed by atoms with E-state index in [0.717, 1.165) is 48.1 Å². The van der Waals surface area contributed by atoms with Crippen molar-refractivity contribution in [2.45, 2.75) is 31.7 Å². The molecule has 1 aliphatic rings. The zero-order chi connectivity index (χ0) is 22.0. The van der Waals surface area contributed by atoms with Gasteiger partial charge in [-0.2, -0.15) is 0 Å². The number of hydrogen-bond acceptors (Lipinski definition) is 6. The van der Waals surface area contributed by atoms with Gasteiger partial charge in [0.2, 0.25) is 0 Å². The van der Waals surface area contributed by atoms with Gasteiger partial charge in [-0.25, -0.2) is 9.97 Å². The Morgan fingerprint density at radius 3 is 2.74 bits per heavy atom. The summed E-state index contributed by atoms with van der Waals surface area (Å²) >= 11 is 6.53. The molecule has 1 aromatic carbocycles. The highest BCUT2D eigenvalue weighted by Crippen LogP contribution is 2.28. The molecule has 162 valence electrons. The summed E-state index contributed by atoms with van der Waals surface area (Å²) in [5, 5.41) is 2.49. The molecule has 1 fully saturated rings. The fourth-order valence-electron chi connectivity index (χ4n) is 4.21. The van der Waals surface area contributed by atoms with Gasteiger partial charge in [0.05, 0.1) is 5.02 Å². The number of Topliss-reactive ketones (excluding diaryl/α,β-unsaturated/α-hetero) is 1. The number of aryl methyl sites for hydroxylation is 1. The fraction of sp³-hybridized carbons (Fsp3) is 0.375. The number of halogens is 1. The highest BCUT2D eigenvalue weighted by atomic mass is 35.5. The molecule has 31 heavy (non-hydrogen) atoms. The lowest BCUT2D eigenvalue weighted by Gasteiger charge is -2.36. The first-order valence-corrected chi connectivity index (χ1v) is 11.0. The molecule has 2 N–H and O–H groups in total. The van der Waals surface area contributed by atoms with Gasteiger partial charge in [-0.05, 0) is 62.5 Å². The lowest BCUT2D eigenvalue weighted by molar-refractivity contribution is 0.0982. The first kappa shape index (κ1) is 21.5. The number of aromatic nitrogens is 2. The van der Waals surface area contributed by atoms with Gasteiger partial charge in [0, 0.05) is 42.9 Å². The molecule has 0 spiro atoms. The minimum atomic E-state index is 0.0391. The second kappa shape index (κ2) is 9.20. The van der Waals surface area contributed by atoms with Crippen LogP contribution in [-0.2, 0) is 6.42 Å². The summed E-state index contributed by atoms with van der Waals surface area (Å²) < 4.78 is 0. The van der Waals surface area contributed by atoms with E-state index in [1.807, 2.05) is 25.2 Å². The first-order chi connectivity index (χ1) is 14.9. The van der Waals surface area contributed by atoms with E-state index in [1.165, 1.54) is 0 Å². The van der Waals surface area contributed by atoms with Crippen LogP contribution in [0.1, 0.15) is 35.2 Å². The second-order valence-electron chi connectivity index (χ2n) is 8.35. The molecule has 1 aliphatic heterocycles. The van der Waals surface area contributed by atoms with Crippen molar-refractivity contribution < 1.29 is 4.79 Å². The third-order valence-electron chi connectivity index (χ3n) is 6.21. The standard InChI is InChI=1S/C24H28ClN5O/c1-29-11-8-19(9-12-29)30(2)24-21(25)14-18(15-28-24)22(31)6-4-16-3-5-20-17(13-16)7-10-27-23(20)26/h3,5,7,10,13-15,19H,4,6,8-9,11-12H2,1-2H3,(H2,26,27). The van der Waals surface area contributed by atoms with Gasteiger partial charge >= 0.3 is 0 Å². The minimum absolute atomic E-state index is 0.0391. The molecule has 3 aromatic rings. The first-order valence-electron chi connectivity index (χ1n) is 10.7. The van der Waals surface area contributed by atoms with Gasteiger partial charge in [-0.15, -0.1) is 0 Å². The molecule has 0 bridgehead atoms. The average Bonchev–Trinajstić information content (AvgIpc) is 2.77. The maximum atomic E-state index is 12.8. The Hall–Kier alpha value is -2.70. The molecule has 0 amide bonds. The highest BCUT2D eigenvalue weighted by Gasteiger charge is 2.23. The largest absolute Gasteiger partial charge is 0.383 e. The summed E-state index contributed by atoms with van der Waals surface area (Å²) in [6, 6.07) is 10.1. The van der Waals surface area contributed by atoms with Crippen LogP contribution in [0.4, 0.5) is 11.6 Å². The number of piperidine rings is 1. The summed E-state index contributed by atoms with van der Waals surface area (Å²) in [7, 11) is 4.18. The Labute approximate surface area is 188 Å². The molecule has 0 saturated carbocycles. The Bertz CT molecular complexity index is 1090. The van der Waals surface area contributed by atoms with E-state index in [2.05, 4.69) is 32.9 Å². The lowest BCUT2D eigenvalue weighted by atomic mass is 10.0. The Morgan fingerprint density at radius 1 is 1.23 bits per heavy atom. The van der Waals surface area contributed by atoms with Crippen molar-refractivity contribution in [3.05, 3.63) is 58.9 Å². The number of rotatable bonds is 6. The fourth-order valence-corrected chi connectivity index (χ4v) is 4.51. The van der Waals surface area contributed by atoms with Gasteiger partial charge in [-0.3, -0.25) is 4.79 Å². The van der Waals surface area contributed by atoms with Crippen LogP contribution in [0, 0.1) is 0 Å². The number of pyridine rings is 2. The molecule has 0 atom stereocenters. The van der Waals surface area contributed by atoms with E-state index in [1.54, 1.807) is 18.5 Å². The minimum Gasteiger partial charge on any atom is -0.383 e. The van der Waals surface area contributed by atoms with Crippen molar-refractivity contribution in [3.63, 3.8) is 0 Å². The third kappa shape index (κ3) is 4.81. The Balaban J connectivity index is 1.41. The summed E-state index contributed by atoms with van der Waals surface area (Å²) in [6.45, 7) is 2.14. The molecule has 3 heterocycles. The highest BCUT2D eigenvalue weighted by molar-refractivity contribution is 6.33. The van der Waals surface area contributed by atoms with E-state index >= 15 is 0 Å². The van der Waals surface area contributed by atoms with Crippen molar-refractivity contribution >= 4 is 39.8 Å². The molecule has 2 aromatic heterocycles. The number of ketones is 1. The molecular weight excluding hydrogens is 410 g/mol. The summed E-state index contributed by atoms with van der Waals surface area (Å²) in [5.74, 6) is 1.30. The normalized spacial score (nSPS) is 15.3. The predicted octanol–water partition coefficient (Wildman–Crippen LogP) is 4.21. The van der Waals surface area contributed by atoms with Crippen molar-refractivity contribution in [2.24, 2.45) is 0 Å². The zero-order valence-electron chi connectivity index (χ0n) is 18.0. The van der Waals surface area contributed by atoms with E-state index in [9.17, 15) is 4.79 Å². The van der Waals surface area contributed by atoms with Gasteiger partial charge in [0.15, 0.2) is 5.78 Å². The number of fused-ring (bicyclic) bond motifs is 1. The quantitative estimate of drug-likeness (QED) is 0.582. The summed E-state index contributed by atoms with van der Waals surface area (Å²) in [6.07, 6.45) is 6.56. The third-order valence-corrected chi connectivity index (χ3v) is 6.49. The number of carbonyl (C=O) groups is 1. The summed E-state index contributed by atoms with van der Waals surface area (Å²) in [4.78, 5) is 25.9. The van der Waals surface area contributed by atoms with Crippen molar-refractivity contribution in [3.8, 4) is 0 Å². The lowest BCUT2D eigenvalue weighted by Crippen LogP contribution is -2.42. The van der Waals surface area contributed by atoms with Gasteiger partial charge in [0.25, 0.3) is 0 Å². The molecule has 4 rings (SSSR count). The maximum Gasteiger partial charge on any atom is 0.164 e. The number of nitrogens with two attached hydrogens (primary N) is 1. The van der Waals surface area contributed by atoms with Crippen LogP contribution < -0.4 is 10.6 Å². The van der Waals surface area contributed by atoms with Gasteiger partial charge < -0.3 is 15.5 Å². The van der Waals surface area contributed by atoms with E-state index in [-0.39, 0.29) is 5.78 Å². The molecular formula is C24H28ClN5O. The van der Waals surface area contributed by atoms with Gasteiger partial charge in [-0.1, -0.05) is 29.8 Å².